The van der Waals surface area contributed by atoms with Gasteiger partial charge in [-0.25, -0.2) is 4.39 Å². The summed E-state index contributed by atoms with van der Waals surface area (Å²) in [5.74, 6) is -0.0680. The van der Waals surface area contributed by atoms with Gasteiger partial charge >= 0.3 is 5.97 Å². The van der Waals surface area contributed by atoms with Gasteiger partial charge in [0.15, 0.2) is 5.75 Å². The number of rotatable bonds is 1. The summed E-state index contributed by atoms with van der Waals surface area (Å²) in [4.78, 5) is 18.5. The Kier molecular flexibility index (Phi) is 2.18. The molecule has 0 fully saturated rings. The van der Waals surface area contributed by atoms with Crippen molar-refractivity contribution in [3.63, 3.8) is 0 Å². The number of carbonyl (C=O) groups excluding carboxylic acids is 1. The fourth-order valence-corrected chi connectivity index (χ4v) is 2.47. The lowest BCUT2D eigenvalue weighted by Crippen LogP contribution is -2.00. The number of carbonyl (C=O) groups is 1. The van der Waals surface area contributed by atoms with Crippen molar-refractivity contribution in [2.75, 3.05) is 0 Å². The quantitative estimate of drug-likeness (QED) is 0.690. The van der Waals surface area contributed by atoms with Crippen LogP contribution < -0.4 is 4.74 Å². The van der Waals surface area contributed by atoms with Gasteiger partial charge < -0.3 is 9.72 Å². The summed E-state index contributed by atoms with van der Waals surface area (Å²) in [7, 11) is 0. The van der Waals surface area contributed by atoms with Crippen LogP contribution in [0, 0.1) is 5.82 Å². The molecule has 5 heteroatoms. The smallest absolute Gasteiger partial charge is 0.317 e. The Labute approximate surface area is 113 Å². The van der Waals surface area contributed by atoms with Crippen molar-refractivity contribution < 1.29 is 13.9 Å². The van der Waals surface area contributed by atoms with E-state index in [-0.39, 0.29) is 18.2 Å². The van der Waals surface area contributed by atoms with Gasteiger partial charge in [-0.15, -0.1) is 0 Å². The average Bonchev–Trinajstić information content (AvgIpc) is 2.99. The molecule has 4 nitrogen and oxygen atoms in total. The van der Waals surface area contributed by atoms with Gasteiger partial charge in [-0.1, -0.05) is 0 Å². The molecule has 0 saturated heterocycles. The number of hydrogen-bond donors (Lipinski definition) is 1. The number of fused-ring (bicyclic) bond motifs is 2. The summed E-state index contributed by atoms with van der Waals surface area (Å²) in [6.45, 7) is 0. The third-order valence-corrected chi connectivity index (χ3v) is 3.42. The lowest BCUT2D eigenvalue weighted by atomic mass is 10.1. The number of nitrogens with one attached hydrogen (secondary N) is 1. The van der Waals surface area contributed by atoms with Crippen LogP contribution in [0.5, 0.6) is 5.75 Å². The maximum Gasteiger partial charge on any atom is 0.317 e. The van der Waals surface area contributed by atoms with Crippen molar-refractivity contribution >= 4 is 16.9 Å². The van der Waals surface area contributed by atoms with E-state index >= 15 is 0 Å². The molecule has 0 amide bonds. The zero-order valence-electron chi connectivity index (χ0n) is 10.3. The fraction of sp³-hybridized carbons (Fsp3) is 0.0667. The molecule has 3 aromatic rings. The highest BCUT2D eigenvalue weighted by Gasteiger charge is 2.22. The number of hydrogen-bond acceptors (Lipinski definition) is 3. The van der Waals surface area contributed by atoms with Crippen molar-refractivity contribution in [2.24, 2.45) is 0 Å². The monoisotopic (exact) mass is 268 g/mol. The zero-order valence-corrected chi connectivity index (χ0v) is 10.3. The van der Waals surface area contributed by atoms with Gasteiger partial charge in [0.25, 0.3) is 0 Å². The third kappa shape index (κ3) is 1.60. The van der Waals surface area contributed by atoms with E-state index in [1.807, 2.05) is 0 Å². The van der Waals surface area contributed by atoms with Crippen LogP contribution in [0.4, 0.5) is 4.39 Å². The van der Waals surface area contributed by atoms with Crippen molar-refractivity contribution in [3.8, 4) is 16.9 Å². The second-order valence-corrected chi connectivity index (χ2v) is 4.71. The van der Waals surface area contributed by atoms with Crippen LogP contribution in [0.1, 0.15) is 5.69 Å². The highest BCUT2D eigenvalue weighted by Crippen LogP contribution is 2.33. The Bertz CT molecular complexity index is 854. The molecule has 0 unspecified atom stereocenters. The molecule has 4 rings (SSSR count). The Morgan fingerprint density at radius 2 is 2.20 bits per heavy atom. The first-order valence-electron chi connectivity index (χ1n) is 6.17. The van der Waals surface area contributed by atoms with Crippen LogP contribution in [0.25, 0.3) is 22.0 Å². The largest absolute Gasteiger partial charge is 0.424 e. The molecule has 1 aromatic carbocycles. The number of ether oxygens (including phenoxy) is 1. The zero-order chi connectivity index (χ0) is 13.7. The predicted molar refractivity (Wildman–Crippen MR) is 70.8 cm³/mol. The van der Waals surface area contributed by atoms with E-state index in [9.17, 15) is 9.18 Å². The number of esters is 1. The summed E-state index contributed by atoms with van der Waals surface area (Å²) < 4.78 is 18.3. The van der Waals surface area contributed by atoms with Crippen LogP contribution in [0.15, 0.2) is 36.7 Å². The van der Waals surface area contributed by atoms with E-state index < -0.39 is 0 Å². The SMILES string of the molecule is O=C1Cc2ncc(-c3c[nH]c4cc(F)ccc34)cc2O1. The molecule has 20 heavy (non-hydrogen) atoms. The van der Waals surface area contributed by atoms with Crippen LogP contribution in [-0.2, 0) is 11.2 Å². The van der Waals surface area contributed by atoms with E-state index in [1.54, 1.807) is 24.5 Å². The molecule has 0 spiro atoms. The van der Waals surface area contributed by atoms with E-state index in [4.69, 9.17) is 4.74 Å². The molecule has 1 aliphatic rings. The Morgan fingerprint density at radius 3 is 3.10 bits per heavy atom. The van der Waals surface area contributed by atoms with Crippen LogP contribution in [0.2, 0.25) is 0 Å². The van der Waals surface area contributed by atoms with Gasteiger partial charge in [-0.3, -0.25) is 9.78 Å². The van der Waals surface area contributed by atoms with E-state index in [0.717, 1.165) is 22.0 Å². The number of nitrogens with zero attached hydrogens (tertiary/aromatic N) is 1. The van der Waals surface area contributed by atoms with E-state index in [1.165, 1.54) is 12.1 Å². The minimum absolute atomic E-state index is 0.217. The third-order valence-electron chi connectivity index (χ3n) is 3.42. The van der Waals surface area contributed by atoms with Gasteiger partial charge in [-0.05, 0) is 24.3 Å². The molecule has 98 valence electrons. The van der Waals surface area contributed by atoms with Crippen molar-refractivity contribution in [1.29, 1.82) is 0 Å². The molecular weight excluding hydrogens is 259 g/mol. The van der Waals surface area contributed by atoms with Crippen molar-refractivity contribution in [2.45, 2.75) is 6.42 Å². The Balaban J connectivity index is 1.88. The average molecular weight is 268 g/mol. The second kappa shape index (κ2) is 3.90. The Hall–Kier alpha value is -2.69. The normalized spacial score (nSPS) is 13.6. The van der Waals surface area contributed by atoms with Crippen molar-refractivity contribution in [1.82, 2.24) is 9.97 Å². The Morgan fingerprint density at radius 1 is 1.30 bits per heavy atom. The first-order valence-corrected chi connectivity index (χ1v) is 6.17. The van der Waals surface area contributed by atoms with Gasteiger partial charge in [0.1, 0.15) is 5.82 Å². The standard InChI is InChI=1S/C15H9FN2O2/c16-9-1-2-10-11(7-18-12(10)4-9)8-3-14-13(17-6-8)5-15(19)20-14/h1-4,6-7,18H,5H2. The maximum atomic E-state index is 13.2. The number of halogens is 1. The van der Waals surface area contributed by atoms with Gasteiger partial charge in [0.05, 0.1) is 12.1 Å². The van der Waals surface area contributed by atoms with Crippen LogP contribution in [0.3, 0.4) is 0 Å². The molecule has 2 aromatic heterocycles. The number of aromatic amines is 1. The summed E-state index contributed by atoms with van der Waals surface area (Å²) >= 11 is 0. The first kappa shape index (κ1) is 11.2. The molecule has 3 heterocycles. The molecule has 0 atom stereocenters. The summed E-state index contributed by atoms with van der Waals surface area (Å²) in [6, 6.07) is 6.37. The molecule has 0 saturated carbocycles. The molecule has 0 radical (unpaired) electrons. The van der Waals surface area contributed by atoms with Crippen LogP contribution in [-0.4, -0.2) is 15.9 Å². The van der Waals surface area contributed by atoms with Gasteiger partial charge in [-0.2, -0.15) is 0 Å². The highest BCUT2D eigenvalue weighted by molar-refractivity contribution is 5.96. The molecule has 1 aliphatic heterocycles. The predicted octanol–water partition coefficient (Wildman–Crippen LogP) is 2.83. The molecule has 1 N–H and O–H groups in total. The van der Waals surface area contributed by atoms with Gasteiger partial charge in [0.2, 0.25) is 0 Å². The lowest BCUT2D eigenvalue weighted by Gasteiger charge is -2.02. The number of aromatic nitrogens is 2. The maximum absolute atomic E-state index is 13.2. The van der Waals surface area contributed by atoms with Gasteiger partial charge in [0, 0.05) is 34.4 Å². The van der Waals surface area contributed by atoms with Crippen molar-refractivity contribution in [3.05, 3.63) is 48.2 Å². The molecule has 0 bridgehead atoms. The summed E-state index contributed by atoms with van der Waals surface area (Å²) in [5, 5.41) is 0.900. The summed E-state index contributed by atoms with van der Waals surface area (Å²) in [5.41, 5.74) is 3.11. The second-order valence-electron chi connectivity index (χ2n) is 4.71. The summed E-state index contributed by atoms with van der Waals surface area (Å²) in [6.07, 6.45) is 3.71. The first-order chi connectivity index (χ1) is 9.70. The number of benzene rings is 1. The van der Waals surface area contributed by atoms with Crippen LogP contribution >= 0.6 is 0 Å². The minimum Gasteiger partial charge on any atom is -0.424 e. The van der Waals surface area contributed by atoms with E-state index in [2.05, 4.69) is 9.97 Å². The number of pyridine rings is 1. The highest BCUT2D eigenvalue weighted by atomic mass is 19.1. The molecular formula is C15H9FN2O2. The molecule has 0 aliphatic carbocycles. The number of H-pyrrole nitrogens is 1. The topological polar surface area (TPSA) is 55.0 Å². The fourth-order valence-electron chi connectivity index (χ4n) is 2.47. The lowest BCUT2D eigenvalue weighted by molar-refractivity contribution is -0.131. The minimum atomic E-state index is -0.286. The van der Waals surface area contributed by atoms with E-state index in [0.29, 0.717) is 11.4 Å².